The smallest absolute Gasteiger partial charge is 0.0178 e. The summed E-state index contributed by atoms with van der Waals surface area (Å²) in [6.45, 7) is 16.4. The molecular formula is C20H30N2. The van der Waals surface area contributed by atoms with Gasteiger partial charge in [0.1, 0.15) is 0 Å². The molecule has 2 heteroatoms. The molecule has 22 heavy (non-hydrogen) atoms. The molecule has 0 aliphatic rings. The molecule has 0 unspecified atom stereocenters. The fraction of sp³-hybridized carbons (Fsp3) is 0.300. The minimum Gasteiger partial charge on any atom is -0.329 e. The summed E-state index contributed by atoms with van der Waals surface area (Å²) < 4.78 is 0. The van der Waals surface area contributed by atoms with Gasteiger partial charge in [-0.25, -0.2) is 0 Å². The Hall–Kier alpha value is -2.06. The Morgan fingerprint density at radius 1 is 1.27 bits per heavy atom. The van der Waals surface area contributed by atoms with Gasteiger partial charge in [-0.3, -0.25) is 0 Å². The van der Waals surface area contributed by atoms with Gasteiger partial charge in [0, 0.05) is 24.6 Å². The van der Waals surface area contributed by atoms with Crippen molar-refractivity contribution >= 4 is 0 Å². The summed E-state index contributed by atoms with van der Waals surface area (Å²) in [6.07, 6.45) is 8.89. The zero-order valence-electron chi connectivity index (χ0n) is 14.5. The van der Waals surface area contributed by atoms with Crippen LogP contribution in [0, 0.1) is 6.92 Å². The Labute approximate surface area is 136 Å². The molecule has 1 rings (SSSR count). The maximum atomic E-state index is 5.40. The lowest BCUT2D eigenvalue weighted by atomic mass is 10.2. The summed E-state index contributed by atoms with van der Waals surface area (Å²) >= 11 is 0. The maximum absolute atomic E-state index is 5.40. The first-order chi connectivity index (χ1) is 10.5. The zero-order valence-corrected chi connectivity index (χ0v) is 14.5. The van der Waals surface area contributed by atoms with Crippen molar-refractivity contribution in [3.05, 3.63) is 84.4 Å². The first-order valence-electron chi connectivity index (χ1n) is 7.63. The summed E-state index contributed by atoms with van der Waals surface area (Å²) in [4.78, 5) is 2.00. The molecule has 0 aliphatic carbocycles. The van der Waals surface area contributed by atoms with Crippen LogP contribution >= 0.6 is 0 Å². The molecule has 0 heterocycles. The second kappa shape index (κ2) is 11.6. The quantitative estimate of drug-likeness (QED) is 0.723. The Kier molecular flexibility index (Phi) is 10.5. The van der Waals surface area contributed by atoms with Gasteiger partial charge in [-0.1, -0.05) is 62.1 Å². The van der Waals surface area contributed by atoms with Crippen molar-refractivity contribution in [3.63, 3.8) is 0 Å². The average molecular weight is 298 g/mol. The highest BCUT2D eigenvalue weighted by Gasteiger charge is 1.95. The minimum absolute atomic E-state index is 0.639. The fourth-order valence-electron chi connectivity index (χ4n) is 1.63. The van der Waals surface area contributed by atoms with E-state index < -0.39 is 0 Å². The van der Waals surface area contributed by atoms with Crippen LogP contribution in [0.3, 0.4) is 0 Å². The molecule has 0 fully saturated rings. The van der Waals surface area contributed by atoms with Crippen molar-refractivity contribution in [3.8, 4) is 0 Å². The van der Waals surface area contributed by atoms with Crippen LogP contribution in [0.5, 0.6) is 0 Å². The van der Waals surface area contributed by atoms with Crippen molar-refractivity contribution < 1.29 is 0 Å². The maximum Gasteiger partial charge on any atom is 0.0178 e. The van der Waals surface area contributed by atoms with Gasteiger partial charge in [0.15, 0.2) is 0 Å². The standard InChI is InChI=1S/C12H19N.C8H11N/c1-6-9-13(11(4)5)10-12(7-2)8-3;1-7-2-4-8(6-9)5-3-7/h6-7,9-10H,2,4,8H2,1,3,5H3;2-5H,6,9H2,1H3/b9-6-,12-10+;. The first kappa shape index (κ1) is 19.9. The van der Waals surface area contributed by atoms with Gasteiger partial charge in [0.2, 0.25) is 0 Å². The molecule has 0 aliphatic heterocycles. The number of allylic oxidation sites excluding steroid dienone is 4. The lowest BCUT2D eigenvalue weighted by Gasteiger charge is -2.16. The number of hydrogen-bond acceptors (Lipinski definition) is 2. The van der Waals surface area contributed by atoms with E-state index in [-0.39, 0.29) is 0 Å². The highest BCUT2D eigenvalue weighted by molar-refractivity contribution is 5.21. The second-order valence-electron chi connectivity index (χ2n) is 5.08. The minimum atomic E-state index is 0.639. The van der Waals surface area contributed by atoms with E-state index in [1.165, 1.54) is 16.7 Å². The largest absolute Gasteiger partial charge is 0.329 e. The number of nitrogens with zero attached hydrogens (tertiary/aromatic N) is 1. The van der Waals surface area contributed by atoms with Gasteiger partial charge in [0.05, 0.1) is 0 Å². The molecule has 1 aromatic rings. The fourth-order valence-corrected chi connectivity index (χ4v) is 1.63. The molecule has 120 valence electrons. The van der Waals surface area contributed by atoms with Crippen LogP contribution < -0.4 is 5.73 Å². The molecule has 0 spiro atoms. The highest BCUT2D eigenvalue weighted by Crippen LogP contribution is 2.09. The van der Waals surface area contributed by atoms with E-state index in [0.717, 1.165) is 12.1 Å². The predicted molar refractivity (Wildman–Crippen MR) is 99.1 cm³/mol. The van der Waals surface area contributed by atoms with E-state index in [1.807, 2.05) is 37.1 Å². The van der Waals surface area contributed by atoms with E-state index in [0.29, 0.717) is 6.54 Å². The topological polar surface area (TPSA) is 29.3 Å². The third-order valence-electron chi connectivity index (χ3n) is 3.08. The lowest BCUT2D eigenvalue weighted by molar-refractivity contribution is 0.625. The molecular weight excluding hydrogens is 268 g/mol. The van der Waals surface area contributed by atoms with Gasteiger partial charge >= 0.3 is 0 Å². The Morgan fingerprint density at radius 3 is 2.23 bits per heavy atom. The van der Waals surface area contributed by atoms with Crippen molar-refractivity contribution in [1.29, 1.82) is 0 Å². The molecule has 0 bridgehead atoms. The average Bonchev–Trinajstić information content (AvgIpc) is 2.52. The van der Waals surface area contributed by atoms with Crippen LogP contribution in [0.2, 0.25) is 0 Å². The Balaban J connectivity index is 0.000000425. The predicted octanol–water partition coefficient (Wildman–Crippen LogP) is 5.29. The van der Waals surface area contributed by atoms with Crippen LogP contribution in [0.15, 0.2) is 73.2 Å². The van der Waals surface area contributed by atoms with E-state index in [4.69, 9.17) is 5.73 Å². The van der Waals surface area contributed by atoms with Gasteiger partial charge in [-0.15, -0.1) is 0 Å². The van der Waals surface area contributed by atoms with Crippen LogP contribution in [-0.4, -0.2) is 4.90 Å². The first-order valence-corrected chi connectivity index (χ1v) is 7.63. The Bertz CT molecular complexity index is 507. The molecule has 0 amide bonds. The third kappa shape index (κ3) is 8.28. The van der Waals surface area contributed by atoms with E-state index >= 15 is 0 Å². The molecule has 2 N–H and O–H groups in total. The molecule has 0 radical (unpaired) electrons. The SMILES string of the molecule is C=C/C(=C\N(/C=C\C)C(=C)C)CC.Cc1ccc(CN)cc1. The van der Waals surface area contributed by atoms with E-state index in [9.17, 15) is 0 Å². The summed E-state index contributed by atoms with van der Waals surface area (Å²) in [5.41, 5.74) is 10.1. The van der Waals surface area contributed by atoms with Crippen LogP contribution in [-0.2, 0) is 6.54 Å². The van der Waals surface area contributed by atoms with Gasteiger partial charge in [-0.2, -0.15) is 0 Å². The van der Waals surface area contributed by atoms with Gasteiger partial charge in [0.25, 0.3) is 0 Å². The second-order valence-corrected chi connectivity index (χ2v) is 5.08. The summed E-state index contributed by atoms with van der Waals surface area (Å²) in [7, 11) is 0. The van der Waals surface area contributed by atoms with Gasteiger partial charge < -0.3 is 10.6 Å². The number of benzene rings is 1. The Morgan fingerprint density at radius 2 is 1.86 bits per heavy atom. The highest BCUT2D eigenvalue weighted by atomic mass is 15.1. The number of aryl methyl sites for hydroxylation is 1. The zero-order chi connectivity index (χ0) is 17.0. The molecule has 0 saturated heterocycles. The lowest BCUT2D eigenvalue weighted by Crippen LogP contribution is -2.05. The monoisotopic (exact) mass is 298 g/mol. The molecule has 0 aromatic heterocycles. The molecule has 1 aromatic carbocycles. The van der Waals surface area contributed by atoms with Crippen molar-refractivity contribution in [2.24, 2.45) is 5.73 Å². The summed E-state index contributed by atoms with van der Waals surface area (Å²) in [6, 6.07) is 8.25. The van der Waals surface area contributed by atoms with E-state index in [1.54, 1.807) is 0 Å². The normalized spacial score (nSPS) is 10.9. The summed E-state index contributed by atoms with van der Waals surface area (Å²) in [5.74, 6) is 0. The number of nitrogens with two attached hydrogens (primary N) is 1. The number of rotatable bonds is 6. The molecule has 2 nitrogen and oxygen atoms in total. The van der Waals surface area contributed by atoms with Crippen molar-refractivity contribution in [1.82, 2.24) is 4.90 Å². The van der Waals surface area contributed by atoms with Crippen molar-refractivity contribution in [2.75, 3.05) is 0 Å². The van der Waals surface area contributed by atoms with Crippen LogP contribution in [0.4, 0.5) is 0 Å². The molecule has 0 atom stereocenters. The van der Waals surface area contributed by atoms with E-state index in [2.05, 4.69) is 57.5 Å². The van der Waals surface area contributed by atoms with Crippen LogP contribution in [0.1, 0.15) is 38.3 Å². The number of hydrogen-bond donors (Lipinski definition) is 1. The summed E-state index contributed by atoms with van der Waals surface area (Å²) in [5, 5.41) is 0. The van der Waals surface area contributed by atoms with Crippen LogP contribution in [0.25, 0.3) is 0 Å². The third-order valence-corrected chi connectivity index (χ3v) is 3.08. The van der Waals surface area contributed by atoms with Gasteiger partial charge in [-0.05, 0) is 38.3 Å². The molecule has 0 saturated carbocycles. The van der Waals surface area contributed by atoms with Crippen molar-refractivity contribution in [2.45, 2.75) is 40.7 Å².